The minimum absolute atomic E-state index is 0.0214. The van der Waals surface area contributed by atoms with Crippen LogP contribution in [-0.2, 0) is 18.5 Å². The Morgan fingerprint density at radius 1 is 1.30 bits per heavy atom. The highest BCUT2D eigenvalue weighted by Crippen LogP contribution is 2.47. The molecule has 2 N–H and O–H groups in total. The van der Waals surface area contributed by atoms with E-state index in [1.165, 1.54) is 12.1 Å². The molecule has 0 saturated carbocycles. The molecule has 156 valence electrons. The van der Waals surface area contributed by atoms with Gasteiger partial charge in [0.2, 0.25) is 5.43 Å². The number of nitrogens with zero attached hydrogens (tertiary/aromatic N) is 2. The Morgan fingerprint density at radius 2 is 2.10 bits per heavy atom. The van der Waals surface area contributed by atoms with E-state index in [4.69, 9.17) is 11.6 Å². The van der Waals surface area contributed by atoms with Crippen LogP contribution in [0.5, 0.6) is 5.75 Å². The molecule has 4 heterocycles. The first kappa shape index (κ1) is 19.1. The molecule has 2 bridgehead atoms. The van der Waals surface area contributed by atoms with Crippen LogP contribution >= 0.6 is 11.6 Å². The summed E-state index contributed by atoms with van der Waals surface area (Å²) in [7, 11) is 0. The largest absolute Gasteiger partial charge is 0.503 e. The van der Waals surface area contributed by atoms with Crippen molar-refractivity contribution >= 4 is 23.4 Å². The summed E-state index contributed by atoms with van der Waals surface area (Å²) in [5.41, 5.74) is -0.825. The van der Waals surface area contributed by atoms with E-state index in [1.807, 2.05) is 0 Å². The number of fused-ring (bicyclic) bond motifs is 1. The Bertz CT molecular complexity index is 1180. The summed E-state index contributed by atoms with van der Waals surface area (Å²) >= 11 is 5.77. The smallest absolute Gasteiger partial charge is 0.274 e. The average molecular weight is 432 g/mol. The molecule has 2 amide bonds. The van der Waals surface area contributed by atoms with Gasteiger partial charge in [-0.15, -0.1) is 0 Å². The van der Waals surface area contributed by atoms with E-state index in [-0.39, 0.29) is 39.8 Å². The van der Waals surface area contributed by atoms with E-state index in [9.17, 15) is 23.9 Å². The summed E-state index contributed by atoms with van der Waals surface area (Å²) in [5, 5.41) is 13.0. The molecule has 1 saturated heterocycles. The Kier molecular flexibility index (Phi) is 4.18. The number of aromatic hydroxyl groups is 1. The highest BCUT2D eigenvalue weighted by molar-refractivity contribution is 6.30. The van der Waals surface area contributed by atoms with Gasteiger partial charge < -0.3 is 19.9 Å². The number of nitrogens with one attached hydrogen (secondary N) is 1. The number of hydrogen-bond donors (Lipinski definition) is 2. The van der Waals surface area contributed by atoms with E-state index in [1.54, 1.807) is 15.5 Å². The first-order valence-corrected chi connectivity index (χ1v) is 10.2. The maximum atomic E-state index is 14.1. The van der Waals surface area contributed by atoms with Crippen LogP contribution in [0.2, 0.25) is 5.02 Å². The fourth-order valence-corrected chi connectivity index (χ4v) is 5.19. The summed E-state index contributed by atoms with van der Waals surface area (Å²) in [6, 6.07) is 4.45. The molecule has 0 radical (unpaired) electrons. The molecule has 1 aromatic heterocycles. The highest BCUT2D eigenvalue weighted by atomic mass is 35.5. The minimum Gasteiger partial charge on any atom is -0.503 e. The van der Waals surface area contributed by atoms with Crippen LogP contribution in [0.1, 0.15) is 51.4 Å². The molecule has 5 rings (SSSR count). The third kappa shape index (κ3) is 2.52. The van der Waals surface area contributed by atoms with Gasteiger partial charge in [-0.05, 0) is 25.3 Å². The van der Waals surface area contributed by atoms with Crippen LogP contribution in [0.4, 0.5) is 4.39 Å². The molecule has 1 atom stereocenters. The van der Waals surface area contributed by atoms with Gasteiger partial charge in [-0.1, -0.05) is 23.7 Å². The Balaban J connectivity index is 1.54. The number of aromatic nitrogens is 1. The zero-order chi connectivity index (χ0) is 21.2. The Hall–Kier alpha value is -2.87. The van der Waals surface area contributed by atoms with Gasteiger partial charge >= 0.3 is 0 Å². The lowest BCUT2D eigenvalue weighted by Crippen LogP contribution is -2.62. The fourth-order valence-electron chi connectivity index (χ4n) is 5.00. The van der Waals surface area contributed by atoms with Crippen molar-refractivity contribution < 1.29 is 19.1 Å². The predicted octanol–water partition coefficient (Wildman–Crippen LogP) is 2.17. The summed E-state index contributed by atoms with van der Waals surface area (Å²) < 4.78 is 15.8. The van der Waals surface area contributed by atoms with Crippen molar-refractivity contribution in [2.75, 3.05) is 13.1 Å². The Labute approximate surface area is 176 Å². The molecule has 1 spiro atoms. The van der Waals surface area contributed by atoms with E-state index < -0.39 is 22.9 Å². The lowest BCUT2D eigenvalue weighted by atomic mass is 9.76. The Morgan fingerprint density at radius 3 is 2.90 bits per heavy atom. The molecule has 2 aromatic rings. The second-order valence-electron chi connectivity index (χ2n) is 8.16. The minimum atomic E-state index is -0.872. The number of carbonyl (C=O) groups excluding carboxylic acids is 2. The molecule has 30 heavy (non-hydrogen) atoms. The van der Waals surface area contributed by atoms with E-state index in [0.29, 0.717) is 25.2 Å². The summed E-state index contributed by atoms with van der Waals surface area (Å²) in [5.74, 6) is -2.42. The molecule has 0 unspecified atom stereocenters. The molecular formula is C21H19ClFN3O4. The number of halogens is 2. The summed E-state index contributed by atoms with van der Waals surface area (Å²) in [6.07, 6.45) is 3.08. The first-order valence-electron chi connectivity index (χ1n) is 9.86. The number of rotatable bonds is 3. The quantitative estimate of drug-likeness (QED) is 0.779. The van der Waals surface area contributed by atoms with Gasteiger partial charge in [-0.2, -0.15) is 0 Å². The third-order valence-electron chi connectivity index (χ3n) is 6.41. The van der Waals surface area contributed by atoms with Crippen LogP contribution in [-0.4, -0.2) is 39.5 Å². The van der Waals surface area contributed by atoms with Crippen molar-refractivity contribution in [3.05, 3.63) is 61.8 Å². The molecule has 1 aromatic carbocycles. The van der Waals surface area contributed by atoms with Crippen molar-refractivity contribution in [1.29, 1.82) is 0 Å². The van der Waals surface area contributed by atoms with Crippen LogP contribution in [0.15, 0.2) is 23.0 Å². The predicted molar refractivity (Wildman–Crippen MR) is 106 cm³/mol. The number of hydrogen-bond acceptors (Lipinski definition) is 4. The molecule has 0 aliphatic carbocycles. The van der Waals surface area contributed by atoms with E-state index >= 15 is 0 Å². The fraction of sp³-hybridized carbons (Fsp3) is 0.381. The highest BCUT2D eigenvalue weighted by Gasteiger charge is 2.54. The van der Waals surface area contributed by atoms with Crippen molar-refractivity contribution in [2.24, 2.45) is 0 Å². The van der Waals surface area contributed by atoms with Gasteiger partial charge in [0.05, 0.1) is 10.6 Å². The van der Waals surface area contributed by atoms with Gasteiger partial charge in [-0.3, -0.25) is 14.4 Å². The van der Waals surface area contributed by atoms with E-state index in [0.717, 1.165) is 19.3 Å². The van der Waals surface area contributed by atoms with Crippen LogP contribution in [0, 0.1) is 5.82 Å². The zero-order valence-electron chi connectivity index (χ0n) is 16.0. The maximum absolute atomic E-state index is 14.1. The number of pyridine rings is 1. The first-order chi connectivity index (χ1) is 14.3. The van der Waals surface area contributed by atoms with Crippen molar-refractivity contribution in [3.8, 4) is 5.75 Å². The van der Waals surface area contributed by atoms with Crippen LogP contribution in [0.3, 0.4) is 0 Å². The molecule has 9 heteroatoms. The van der Waals surface area contributed by atoms with Gasteiger partial charge in [0, 0.05) is 37.3 Å². The second-order valence-corrected chi connectivity index (χ2v) is 8.57. The topological polar surface area (TPSA) is 91.6 Å². The lowest BCUT2D eigenvalue weighted by molar-refractivity contribution is 0.0449. The third-order valence-corrected chi connectivity index (χ3v) is 6.70. The zero-order valence-corrected chi connectivity index (χ0v) is 16.8. The molecular weight excluding hydrogens is 413 g/mol. The average Bonchev–Trinajstić information content (AvgIpc) is 2.93. The van der Waals surface area contributed by atoms with Crippen molar-refractivity contribution in [3.63, 3.8) is 0 Å². The summed E-state index contributed by atoms with van der Waals surface area (Å²) in [4.78, 5) is 40.2. The van der Waals surface area contributed by atoms with Crippen LogP contribution < -0.4 is 10.7 Å². The van der Waals surface area contributed by atoms with Crippen molar-refractivity contribution in [2.45, 2.75) is 37.8 Å². The van der Waals surface area contributed by atoms with Gasteiger partial charge in [0.1, 0.15) is 11.4 Å². The van der Waals surface area contributed by atoms with E-state index in [2.05, 4.69) is 5.32 Å². The van der Waals surface area contributed by atoms with Crippen molar-refractivity contribution in [1.82, 2.24) is 14.8 Å². The molecule has 1 fully saturated rings. The maximum Gasteiger partial charge on any atom is 0.274 e. The molecule has 3 aliphatic rings. The monoisotopic (exact) mass is 431 g/mol. The molecule has 3 aliphatic heterocycles. The number of amides is 2. The number of benzene rings is 1. The van der Waals surface area contributed by atoms with Gasteiger partial charge in [-0.25, -0.2) is 4.39 Å². The SMILES string of the molecule is O=C(NCc1cccc(Cl)c1F)c1c2n3c(c(O)c1=O)C(=O)N1CCCC[C@]3(C2)C1. The lowest BCUT2D eigenvalue weighted by Gasteiger charge is -2.53. The van der Waals surface area contributed by atoms with Gasteiger partial charge in [0.15, 0.2) is 11.4 Å². The normalized spacial score (nSPS) is 21.5. The number of carbonyl (C=O) groups is 2. The summed E-state index contributed by atoms with van der Waals surface area (Å²) in [6.45, 7) is 0.949. The standard InChI is InChI=1S/C21H19ClFN3O4/c22-12-5-3-4-11(15(12)23)9-24-19(29)14-13-8-21-6-1-2-7-25(10-21)20(30)16(26(13)21)18(28)17(14)27/h3-5,28H,1-2,6-10H2,(H,24,29)/t21-/m0/s1. The van der Waals surface area contributed by atoms with Crippen LogP contribution in [0.25, 0.3) is 0 Å². The second kappa shape index (κ2) is 6.57. The van der Waals surface area contributed by atoms with Gasteiger partial charge in [0.25, 0.3) is 11.8 Å². The molecule has 7 nitrogen and oxygen atoms in total.